The van der Waals surface area contributed by atoms with Crippen LogP contribution in [-0.2, 0) is 38.4 Å². The minimum Gasteiger partial charge on any atom is -0.480 e. The van der Waals surface area contributed by atoms with Crippen LogP contribution in [0.15, 0.2) is 0 Å². The summed E-state index contributed by atoms with van der Waals surface area (Å²) < 4.78 is 0. The van der Waals surface area contributed by atoms with E-state index in [4.69, 9.17) is 23.1 Å². The van der Waals surface area contributed by atoms with E-state index in [-0.39, 0.29) is 62.9 Å². The molecule has 4 amide bonds. The second-order valence-corrected chi connectivity index (χ2v) is 12.8. The number of hydrogen-bond acceptors (Lipinski definition) is 10. The Morgan fingerprint density at radius 3 is 1.17 bits per heavy atom. The molecule has 14 N–H and O–H groups in total. The Hall–Kier alpha value is -4.50. The van der Waals surface area contributed by atoms with Crippen molar-refractivity contribution in [1.82, 2.24) is 21.3 Å². The molecule has 0 fully saturated rings. The third-order valence-electron chi connectivity index (χ3n) is 6.34. The fourth-order valence-electron chi connectivity index (χ4n) is 3.58. The number of nitrogens with one attached hydrogen (secondary N) is 4. The van der Waals surface area contributed by atoms with Crippen LogP contribution >= 0.6 is 21.6 Å². The molecule has 0 aliphatic carbocycles. The first kappa shape index (κ1) is 43.5. The summed E-state index contributed by atoms with van der Waals surface area (Å²) in [7, 11) is 1.92. The van der Waals surface area contributed by atoms with Gasteiger partial charge in [-0.15, -0.1) is 24.7 Å². The Morgan fingerprint density at radius 2 is 0.896 bits per heavy atom. The van der Waals surface area contributed by atoms with Crippen molar-refractivity contribution in [3.63, 3.8) is 0 Å². The molecule has 0 aliphatic heterocycles. The van der Waals surface area contributed by atoms with Crippen LogP contribution in [0.5, 0.6) is 0 Å². The van der Waals surface area contributed by atoms with E-state index in [1.54, 1.807) is 0 Å². The molecule has 18 nitrogen and oxygen atoms in total. The van der Waals surface area contributed by atoms with Crippen LogP contribution in [0.2, 0.25) is 0 Å². The molecule has 0 heterocycles. The second kappa shape index (κ2) is 23.8. The molecule has 20 heteroatoms. The van der Waals surface area contributed by atoms with Gasteiger partial charge in [0.05, 0.1) is 0 Å². The zero-order chi connectivity index (χ0) is 36.8. The summed E-state index contributed by atoms with van der Waals surface area (Å²) in [4.78, 5) is 96.0. The number of amides is 4. The van der Waals surface area contributed by atoms with E-state index in [1.807, 2.05) is 0 Å². The maximum Gasteiger partial charge on any atom is 0.362 e. The molecule has 0 aliphatic rings. The van der Waals surface area contributed by atoms with Gasteiger partial charge in [-0.05, 0) is 12.8 Å². The number of carboxylic acids is 4. The molecular formula is C28H42N6O12S2+2. The molecule has 48 heavy (non-hydrogen) atoms. The molecule has 0 saturated heterocycles. The van der Waals surface area contributed by atoms with E-state index in [0.717, 1.165) is 21.6 Å². The van der Waals surface area contributed by atoms with Gasteiger partial charge in [0.2, 0.25) is 23.6 Å². The highest BCUT2D eigenvalue weighted by Gasteiger charge is 2.29. The lowest BCUT2D eigenvalue weighted by molar-refractivity contribution is -0.409. The van der Waals surface area contributed by atoms with Crippen molar-refractivity contribution in [2.24, 2.45) is 0 Å². The molecule has 0 aromatic heterocycles. The highest BCUT2D eigenvalue weighted by molar-refractivity contribution is 8.76. The minimum absolute atomic E-state index is 0.0855. The standard InChI is InChI=1S/C28H40N6O12S2/c1-3-7-17(27(43)44)33-23(37)19(31-21(35)11-5-9-15(29)25(39)40)13-47-48-14-20(24(38)34-18(8-4-2)28(45)46)32-22(36)12-6-10-16(30)26(41)42/h1-2,15-20H,5-14,29-30H2,(H,31,35)(H,32,36)(H,33,37)(H,34,38)(H,39,40)(H,41,42)(H,43,44)(H,45,46)/p+2/t15-,16-,17+,18+,19-,20-/m0/s1. The summed E-state index contributed by atoms with van der Waals surface area (Å²) in [5.41, 5.74) is 6.91. The van der Waals surface area contributed by atoms with Gasteiger partial charge in [0, 0.05) is 50.0 Å². The van der Waals surface area contributed by atoms with Crippen molar-refractivity contribution >= 4 is 69.1 Å². The van der Waals surface area contributed by atoms with Crippen molar-refractivity contribution < 1.29 is 70.2 Å². The molecule has 0 rings (SSSR count). The molecule has 0 bridgehead atoms. The second-order valence-electron chi connectivity index (χ2n) is 10.3. The fourth-order valence-corrected chi connectivity index (χ4v) is 5.90. The number of carbonyl (C=O) groups is 8. The van der Waals surface area contributed by atoms with Crippen LogP contribution in [0.3, 0.4) is 0 Å². The topological polar surface area (TPSA) is 321 Å². The lowest BCUT2D eigenvalue weighted by Gasteiger charge is -2.22. The highest BCUT2D eigenvalue weighted by atomic mass is 33.1. The molecule has 0 spiro atoms. The number of carbonyl (C=O) groups excluding carboxylic acids is 4. The van der Waals surface area contributed by atoms with Crippen LogP contribution in [-0.4, -0.2) is 116 Å². The normalized spacial score (nSPS) is 14.2. The van der Waals surface area contributed by atoms with Crippen LogP contribution in [0.1, 0.15) is 51.4 Å². The maximum atomic E-state index is 13.0. The highest BCUT2D eigenvalue weighted by Crippen LogP contribution is 2.23. The van der Waals surface area contributed by atoms with Crippen molar-refractivity contribution in [1.29, 1.82) is 0 Å². The Bertz CT molecular complexity index is 1160. The van der Waals surface area contributed by atoms with Crippen LogP contribution in [0.25, 0.3) is 0 Å². The Labute approximate surface area is 284 Å². The summed E-state index contributed by atoms with van der Waals surface area (Å²) in [6, 6.07) is -7.41. The molecule has 0 aromatic rings. The SMILES string of the molecule is C#CC[C@@H](NC(=O)[C@H](CSSC[C@H](NC(=O)CCC[C@H]([NH3+])C(=O)O)C(=O)N[C@H](CC#C)C(=O)O)NC(=O)CCC[C@H]([NH3+])C(=O)O)C(=O)O. The quantitative estimate of drug-likeness (QED) is 0.0246. The average molecular weight is 719 g/mol. The van der Waals surface area contributed by atoms with Gasteiger partial charge >= 0.3 is 23.9 Å². The van der Waals surface area contributed by atoms with Crippen LogP contribution in [0, 0.1) is 24.7 Å². The van der Waals surface area contributed by atoms with E-state index in [1.165, 1.54) is 0 Å². The van der Waals surface area contributed by atoms with Gasteiger partial charge in [-0.2, -0.15) is 0 Å². The van der Waals surface area contributed by atoms with Crippen molar-refractivity contribution in [3.05, 3.63) is 0 Å². The average Bonchev–Trinajstić information content (AvgIpc) is 3.00. The molecule has 0 unspecified atom stereocenters. The molecule has 0 radical (unpaired) electrons. The number of carboxylic acid groups (broad SMARTS) is 4. The van der Waals surface area contributed by atoms with Crippen molar-refractivity contribution in [3.8, 4) is 24.7 Å². The third-order valence-corrected chi connectivity index (χ3v) is 8.76. The Balaban J connectivity index is 5.65. The first-order chi connectivity index (χ1) is 22.5. The molecular weight excluding hydrogens is 676 g/mol. The van der Waals surface area contributed by atoms with E-state index >= 15 is 0 Å². The lowest BCUT2D eigenvalue weighted by atomic mass is 10.1. The first-order valence-corrected chi connectivity index (χ1v) is 16.9. The predicted molar refractivity (Wildman–Crippen MR) is 171 cm³/mol. The monoisotopic (exact) mass is 718 g/mol. The smallest absolute Gasteiger partial charge is 0.362 e. The number of aliphatic carboxylic acids is 4. The Kier molecular flexibility index (Phi) is 21.5. The molecule has 0 saturated carbocycles. The number of quaternary nitrogens is 2. The number of hydrogen-bond donors (Lipinski definition) is 10. The van der Waals surface area contributed by atoms with E-state index in [2.05, 4.69) is 44.6 Å². The third kappa shape index (κ3) is 18.6. The largest absolute Gasteiger partial charge is 0.480 e. The van der Waals surface area contributed by atoms with Gasteiger partial charge in [0.15, 0.2) is 12.1 Å². The summed E-state index contributed by atoms with van der Waals surface area (Å²) in [6.45, 7) is 0. The molecule has 6 atom stereocenters. The van der Waals surface area contributed by atoms with Gasteiger partial charge in [0.1, 0.15) is 24.2 Å². The maximum absolute atomic E-state index is 13.0. The molecule has 266 valence electrons. The van der Waals surface area contributed by atoms with Crippen molar-refractivity contribution in [2.75, 3.05) is 11.5 Å². The zero-order valence-corrected chi connectivity index (χ0v) is 27.6. The zero-order valence-electron chi connectivity index (χ0n) is 26.0. The molecule has 0 aromatic carbocycles. The number of terminal acetylenes is 2. The Morgan fingerprint density at radius 1 is 0.562 bits per heavy atom. The number of rotatable bonds is 25. The minimum atomic E-state index is -1.45. The van der Waals surface area contributed by atoms with E-state index < -0.39 is 83.8 Å². The van der Waals surface area contributed by atoms with E-state index in [9.17, 15) is 48.6 Å². The van der Waals surface area contributed by atoms with Gasteiger partial charge in [0.25, 0.3) is 0 Å². The lowest BCUT2D eigenvalue weighted by Crippen LogP contribution is -2.64. The van der Waals surface area contributed by atoms with Crippen molar-refractivity contribution in [2.45, 2.75) is 87.6 Å². The van der Waals surface area contributed by atoms with Gasteiger partial charge in [-0.1, -0.05) is 21.6 Å². The van der Waals surface area contributed by atoms with Gasteiger partial charge < -0.3 is 53.2 Å². The van der Waals surface area contributed by atoms with E-state index in [0.29, 0.717) is 0 Å². The summed E-state index contributed by atoms with van der Waals surface area (Å²) in [5.74, 6) is -4.22. The van der Waals surface area contributed by atoms with Gasteiger partial charge in [-0.3, -0.25) is 19.2 Å². The van der Waals surface area contributed by atoms with Gasteiger partial charge in [-0.25, -0.2) is 19.2 Å². The van der Waals surface area contributed by atoms with Crippen LogP contribution < -0.4 is 32.7 Å². The van der Waals surface area contributed by atoms with Crippen LogP contribution in [0.4, 0.5) is 0 Å². The summed E-state index contributed by atoms with van der Waals surface area (Å²) >= 11 is 0. The summed E-state index contributed by atoms with van der Waals surface area (Å²) in [6.07, 6.45) is 9.79. The fraction of sp³-hybridized carbons (Fsp3) is 0.571. The first-order valence-electron chi connectivity index (χ1n) is 14.4. The summed E-state index contributed by atoms with van der Waals surface area (Å²) in [5, 5.41) is 46.0. The predicted octanol–water partition coefficient (Wildman–Crippen LogP) is -3.75.